The molecular weight excluding hydrogens is 310 g/mol. The van der Waals surface area contributed by atoms with E-state index in [1.165, 1.54) is 6.42 Å². The van der Waals surface area contributed by atoms with Crippen LogP contribution in [0.1, 0.15) is 50.4 Å². The molecule has 0 radical (unpaired) electrons. The fourth-order valence-electron chi connectivity index (χ4n) is 2.76. The van der Waals surface area contributed by atoms with Crippen molar-refractivity contribution in [3.63, 3.8) is 0 Å². The molecule has 4 heteroatoms. The fraction of sp³-hybridized carbons (Fsp3) is 0.611. The first-order chi connectivity index (χ1) is 10.4. The smallest absolute Gasteiger partial charge is 0.255 e. The second-order valence-electron chi connectivity index (χ2n) is 6.77. The monoisotopic (exact) mass is 337 g/mol. The maximum absolute atomic E-state index is 13.0. The highest BCUT2D eigenvalue weighted by Crippen LogP contribution is 2.30. The van der Waals surface area contributed by atoms with Crippen LogP contribution in [0.5, 0.6) is 0 Å². The van der Waals surface area contributed by atoms with Gasteiger partial charge in [0, 0.05) is 28.0 Å². The lowest BCUT2D eigenvalue weighted by Gasteiger charge is -2.37. The molecule has 1 atom stereocenters. The molecule has 1 aromatic carbocycles. The van der Waals surface area contributed by atoms with Gasteiger partial charge in [0.05, 0.1) is 5.56 Å². The molecule has 22 heavy (non-hydrogen) atoms. The van der Waals surface area contributed by atoms with E-state index in [0.29, 0.717) is 6.04 Å². The molecule has 122 valence electrons. The molecule has 0 aromatic heterocycles. The van der Waals surface area contributed by atoms with Crippen molar-refractivity contribution in [1.29, 1.82) is 0 Å². The third kappa shape index (κ3) is 4.69. The Kier molecular flexibility index (Phi) is 6.27. The van der Waals surface area contributed by atoms with Crippen LogP contribution in [0, 0.1) is 0 Å². The molecule has 0 spiro atoms. The number of carbonyl (C=O) groups is 1. The molecule has 1 heterocycles. The Morgan fingerprint density at radius 2 is 2.00 bits per heavy atom. The molecule has 1 aromatic rings. The molecular formula is C18H27NOS2. The van der Waals surface area contributed by atoms with E-state index in [4.69, 9.17) is 0 Å². The minimum Gasteiger partial charge on any atom is -0.335 e. The van der Waals surface area contributed by atoms with Crippen LogP contribution in [0.4, 0.5) is 0 Å². The van der Waals surface area contributed by atoms with E-state index < -0.39 is 0 Å². The standard InChI is InChI=1S/C18H27NOS2/c1-18(2,3)22-13-14-9-7-8-12-19(14)17(20)15-10-5-6-11-16(15)21-4/h5-6,10-11,14H,7-9,12-13H2,1-4H3/t14-/m1/s1. The molecule has 2 rings (SSSR count). The van der Waals surface area contributed by atoms with Gasteiger partial charge in [-0.15, -0.1) is 11.8 Å². The fourth-order valence-corrected chi connectivity index (χ4v) is 4.39. The number of hydrogen-bond donors (Lipinski definition) is 0. The van der Waals surface area contributed by atoms with Gasteiger partial charge in [-0.2, -0.15) is 11.8 Å². The summed E-state index contributed by atoms with van der Waals surface area (Å²) in [7, 11) is 0. The van der Waals surface area contributed by atoms with Crippen LogP contribution in [-0.4, -0.2) is 40.1 Å². The van der Waals surface area contributed by atoms with E-state index in [1.807, 2.05) is 42.3 Å². The number of piperidine rings is 1. The predicted molar refractivity (Wildman–Crippen MR) is 99.1 cm³/mol. The summed E-state index contributed by atoms with van der Waals surface area (Å²) >= 11 is 3.62. The number of likely N-dealkylation sites (tertiary alicyclic amines) is 1. The summed E-state index contributed by atoms with van der Waals surface area (Å²) in [6, 6.07) is 8.36. The highest BCUT2D eigenvalue weighted by molar-refractivity contribution is 8.00. The predicted octanol–water partition coefficient (Wildman–Crippen LogP) is 4.93. The Balaban J connectivity index is 2.14. The molecule has 1 saturated heterocycles. The van der Waals surface area contributed by atoms with Crippen LogP contribution in [0.15, 0.2) is 29.2 Å². The van der Waals surface area contributed by atoms with Crippen molar-refractivity contribution in [2.75, 3.05) is 18.6 Å². The zero-order chi connectivity index (χ0) is 16.2. The lowest BCUT2D eigenvalue weighted by molar-refractivity contribution is 0.0637. The van der Waals surface area contributed by atoms with E-state index in [0.717, 1.165) is 35.6 Å². The van der Waals surface area contributed by atoms with Crippen molar-refractivity contribution in [2.24, 2.45) is 0 Å². The highest BCUT2D eigenvalue weighted by Gasteiger charge is 2.29. The van der Waals surface area contributed by atoms with Gasteiger partial charge < -0.3 is 4.90 Å². The van der Waals surface area contributed by atoms with E-state index in [2.05, 4.69) is 25.7 Å². The molecule has 1 aliphatic rings. The van der Waals surface area contributed by atoms with Crippen LogP contribution >= 0.6 is 23.5 Å². The van der Waals surface area contributed by atoms with Crippen molar-refractivity contribution in [3.05, 3.63) is 29.8 Å². The quantitative estimate of drug-likeness (QED) is 0.726. The topological polar surface area (TPSA) is 20.3 Å². The van der Waals surface area contributed by atoms with Gasteiger partial charge in [-0.05, 0) is 37.7 Å². The summed E-state index contributed by atoms with van der Waals surface area (Å²) in [6.07, 6.45) is 5.54. The van der Waals surface area contributed by atoms with E-state index in [-0.39, 0.29) is 10.7 Å². The molecule has 0 bridgehead atoms. The zero-order valence-electron chi connectivity index (χ0n) is 14.1. The Morgan fingerprint density at radius 3 is 2.68 bits per heavy atom. The molecule has 0 unspecified atom stereocenters. The Hall–Kier alpha value is -0.610. The molecule has 1 amide bonds. The van der Waals surface area contributed by atoms with Crippen molar-refractivity contribution in [1.82, 2.24) is 4.90 Å². The largest absolute Gasteiger partial charge is 0.335 e. The van der Waals surface area contributed by atoms with Gasteiger partial charge in [0.2, 0.25) is 0 Å². The van der Waals surface area contributed by atoms with E-state index in [1.54, 1.807) is 11.8 Å². The number of nitrogens with zero attached hydrogens (tertiary/aromatic N) is 1. The lowest BCUT2D eigenvalue weighted by atomic mass is 10.0. The normalized spacial score (nSPS) is 19.3. The second kappa shape index (κ2) is 7.78. The van der Waals surface area contributed by atoms with Gasteiger partial charge in [0.15, 0.2) is 0 Å². The van der Waals surface area contributed by atoms with Gasteiger partial charge in [0.1, 0.15) is 0 Å². The zero-order valence-corrected chi connectivity index (χ0v) is 15.7. The second-order valence-corrected chi connectivity index (χ2v) is 9.47. The maximum atomic E-state index is 13.0. The number of thioether (sulfide) groups is 2. The summed E-state index contributed by atoms with van der Waals surface area (Å²) in [5, 5.41) is 0. The summed E-state index contributed by atoms with van der Waals surface area (Å²) in [4.78, 5) is 16.2. The van der Waals surface area contributed by atoms with Crippen molar-refractivity contribution in [3.8, 4) is 0 Å². The molecule has 2 nitrogen and oxygen atoms in total. The van der Waals surface area contributed by atoms with Crippen molar-refractivity contribution in [2.45, 2.75) is 55.7 Å². The summed E-state index contributed by atoms with van der Waals surface area (Å²) in [6.45, 7) is 7.64. The number of rotatable bonds is 4. The van der Waals surface area contributed by atoms with Crippen LogP contribution in [-0.2, 0) is 0 Å². The first-order valence-corrected chi connectivity index (χ1v) is 10.2. The third-order valence-electron chi connectivity index (χ3n) is 3.93. The summed E-state index contributed by atoms with van der Waals surface area (Å²) in [5.74, 6) is 1.25. The number of benzene rings is 1. The van der Waals surface area contributed by atoms with Gasteiger partial charge in [-0.3, -0.25) is 4.79 Å². The minimum atomic E-state index is 0.212. The van der Waals surface area contributed by atoms with Crippen molar-refractivity contribution >= 4 is 29.4 Å². The highest BCUT2D eigenvalue weighted by atomic mass is 32.2. The molecule has 1 aliphatic heterocycles. The summed E-state index contributed by atoms with van der Waals surface area (Å²) < 4.78 is 0.253. The molecule has 0 saturated carbocycles. The summed E-state index contributed by atoms with van der Waals surface area (Å²) in [5.41, 5.74) is 0.864. The van der Waals surface area contributed by atoms with E-state index in [9.17, 15) is 4.79 Å². The van der Waals surface area contributed by atoms with Gasteiger partial charge in [0.25, 0.3) is 5.91 Å². The van der Waals surface area contributed by atoms with E-state index >= 15 is 0 Å². The Labute approximate surface area is 143 Å². The number of hydrogen-bond acceptors (Lipinski definition) is 3. The average Bonchev–Trinajstić information content (AvgIpc) is 2.51. The maximum Gasteiger partial charge on any atom is 0.255 e. The van der Waals surface area contributed by atoms with Crippen LogP contribution in [0.2, 0.25) is 0 Å². The molecule has 0 N–H and O–H groups in total. The van der Waals surface area contributed by atoms with Gasteiger partial charge in [-0.25, -0.2) is 0 Å². The third-order valence-corrected chi connectivity index (χ3v) is 6.15. The number of carbonyl (C=O) groups excluding carboxylic acids is 1. The van der Waals surface area contributed by atoms with Crippen molar-refractivity contribution < 1.29 is 4.79 Å². The van der Waals surface area contributed by atoms with Gasteiger partial charge >= 0.3 is 0 Å². The first kappa shape index (κ1) is 17.7. The first-order valence-electron chi connectivity index (χ1n) is 8.00. The average molecular weight is 338 g/mol. The van der Waals surface area contributed by atoms with Gasteiger partial charge in [-0.1, -0.05) is 32.9 Å². The van der Waals surface area contributed by atoms with Crippen LogP contribution < -0.4 is 0 Å². The SMILES string of the molecule is CSc1ccccc1C(=O)N1CCCC[C@@H]1CSC(C)(C)C. The number of amides is 1. The lowest BCUT2D eigenvalue weighted by Crippen LogP contribution is -2.45. The van der Waals surface area contributed by atoms with Crippen LogP contribution in [0.3, 0.4) is 0 Å². The minimum absolute atomic E-state index is 0.212. The van der Waals surface area contributed by atoms with Crippen LogP contribution in [0.25, 0.3) is 0 Å². The molecule has 0 aliphatic carbocycles. The Bertz CT molecular complexity index is 510. The Morgan fingerprint density at radius 1 is 1.27 bits per heavy atom. The molecule has 1 fully saturated rings.